The Bertz CT molecular complexity index is 872. The summed E-state index contributed by atoms with van der Waals surface area (Å²) >= 11 is 0. The summed E-state index contributed by atoms with van der Waals surface area (Å²) in [7, 11) is 1.54. The Balaban J connectivity index is 1.60. The van der Waals surface area contributed by atoms with Gasteiger partial charge in [0.25, 0.3) is 0 Å². The molecule has 1 atom stereocenters. The molecule has 0 bridgehead atoms. The number of methoxy groups -OCH3 is 1. The van der Waals surface area contributed by atoms with Gasteiger partial charge in [-0.15, -0.1) is 0 Å². The molecule has 172 valence electrons. The van der Waals surface area contributed by atoms with Crippen molar-refractivity contribution in [3.63, 3.8) is 0 Å². The van der Waals surface area contributed by atoms with Crippen molar-refractivity contribution >= 4 is 18.0 Å². The Kier molecular flexibility index (Phi) is 10.6. The molecule has 0 unspecified atom stereocenters. The van der Waals surface area contributed by atoms with Crippen LogP contribution in [0.1, 0.15) is 36.8 Å². The van der Waals surface area contributed by atoms with Gasteiger partial charge in [0.2, 0.25) is 5.91 Å². The molecule has 2 aromatic rings. The summed E-state index contributed by atoms with van der Waals surface area (Å²) in [5.74, 6) is -0.759. The fraction of sp³-hybridized carbons (Fsp3) is 0.375. The van der Waals surface area contributed by atoms with E-state index in [2.05, 4.69) is 10.6 Å². The molecule has 32 heavy (non-hydrogen) atoms. The average Bonchev–Trinajstić information content (AvgIpc) is 2.80. The van der Waals surface area contributed by atoms with Gasteiger partial charge in [-0.2, -0.15) is 0 Å². The molecular weight excluding hydrogens is 412 g/mol. The third kappa shape index (κ3) is 9.51. The first-order valence-corrected chi connectivity index (χ1v) is 10.6. The summed E-state index contributed by atoms with van der Waals surface area (Å²) in [5, 5.41) is 14.7. The van der Waals surface area contributed by atoms with Gasteiger partial charge in [-0.05, 0) is 36.1 Å². The van der Waals surface area contributed by atoms with Crippen LogP contribution < -0.4 is 15.4 Å². The molecule has 0 aliphatic heterocycles. The minimum atomic E-state index is -1.08. The lowest BCUT2D eigenvalue weighted by molar-refractivity contribution is -0.141. The van der Waals surface area contributed by atoms with E-state index in [0.29, 0.717) is 25.1 Å². The number of hydrogen-bond donors (Lipinski definition) is 3. The number of rotatable bonds is 13. The molecule has 0 aliphatic rings. The highest BCUT2D eigenvalue weighted by Gasteiger charge is 2.20. The Hall–Kier alpha value is -3.55. The van der Waals surface area contributed by atoms with Gasteiger partial charge in [-0.3, -0.25) is 4.79 Å². The smallest absolute Gasteiger partial charge is 0.407 e. The Morgan fingerprint density at radius 2 is 1.72 bits per heavy atom. The molecule has 0 saturated heterocycles. The number of alkyl carbamates (subject to hydrolysis) is 1. The number of carboxylic acids is 1. The van der Waals surface area contributed by atoms with Gasteiger partial charge < -0.3 is 25.2 Å². The molecule has 0 heterocycles. The van der Waals surface area contributed by atoms with Crippen LogP contribution in [0.5, 0.6) is 5.75 Å². The van der Waals surface area contributed by atoms with Crippen molar-refractivity contribution in [2.75, 3.05) is 13.7 Å². The number of hydrogen-bond acceptors (Lipinski definition) is 5. The van der Waals surface area contributed by atoms with Crippen LogP contribution in [0.3, 0.4) is 0 Å². The molecule has 0 aromatic heterocycles. The number of aliphatic carboxylic acids is 1. The van der Waals surface area contributed by atoms with Gasteiger partial charge in [0.1, 0.15) is 18.4 Å². The number of benzene rings is 2. The summed E-state index contributed by atoms with van der Waals surface area (Å²) in [6.45, 7) is 0.663. The van der Waals surface area contributed by atoms with Crippen molar-refractivity contribution in [3.05, 3.63) is 65.7 Å². The van der Waals surface area contributed by atoms with Gasteiger partial charge in [0, 0.05) is 19.4 Å². The van der Waals surface area contributed by atoms with Crippen LogP contribution in [0, 0.1) is 0 Å². The Labute approximate surface area is 187 Å². The molecule has 8 nitrogen and oxygen atoms in total. The van der Waals surface area contributed by atoms with E-state index in [1.165, 1.54) is 0 Å². The number of carbonyl (C=O) groups excluding carboxylic acids is 2. The van der Waals surface area contributed by atoms with Crippen molar-refractivity contribution < 1.29 is 29.0 Å². The molecule has 2 aromatic carbocycles. The summed E-state index contributed by atoms with van der Waals surface area (Å²) in [5.41, 5.74) is 1.68. The van der Waals surface area contributed by atoms with Crippen LogP contribution in [0.25, 0.3) is 0 Å². The predicted molar refractivity (Wildman–Crippen MR) is 119 cm³/mol. The van der Waals surface area contributed by atoms with E-state index in [1.807, 2.05) is 30.3 Å². The molecule has 0 aliphatic carbocycles. The quantitative estimate of drug-likeness (QED) is 0.410. The monoisotopic (exact) mass is 442 g/mol. The lowest BCUT2D eigenvalue weighted by Crippen LogP contribution is -2.42. The number of carbonyl (C=O) groups is 3. The molecular formula is C24H30N2O6. The molecule has 2 amide bonds. The highest BCUT2D eigenvalue weighted by Crippen LogP contribution is 2.14. The van der Waals surface area contributed by atoms with Crippen LogP contribution in [-0.2, 0) is 27.4 Å². The van der Waals surface area contributed by atoms with Crippen molar-refractivity contribution in [3.8, 4) is 5.75 Å². The summed E-state index contributed by atoms with van der Waals surface area (Å²) < 4.78 is 10.3. The maximum absolute atomic E-state index is 12.1. The third-order valence-corrected chi connectivity index (χ3v) is 4.77. The molecule has 0 radical (unpaired) electrons. The van der Waals surface area contributed by atoms with Crippen LogP contribution >= 0.6 is 0 Å². The number of ether oxygens (including phenoxy) is 2. The van der Waals surface area contributed by atoms with Crippen LogP contribution in [-0.4, -0.2) is 42.8 Å². The topological polar surface area (TPSA) is 114 Å². The van der Waals surface area contributed by atoms with Gasteiger partial charge in [-0.1, -0.05) is 48.9 Å². The minimum absolute atomic E-state index is 0.174. The van der Waals surface area contributed by atoms with Gasteiger partial charge in [0.15, 0.2) is 0 Å². The van der Waals surface area contributed by atoms with Gasteiger partial charge in [-0.25, -0.2) is 9.59 Å². The summed E-state index contributed by atoms with van der Waals surface area (Å²) in [6, 6.07) is 15.5. The van der Waals surface area contributed by atoms with Gasteiger partial charge in [0.05, 0.1) is 7.11 Å². The molecule has 3 N–H and O–H groups in total. The fourth-order valence-electron chi connectivity index (χ4n) is 3.05. The second-order valence-corrected chi connectivity index (χ2v) is 7.31. The normalized spacial score (nSPS) is 11.3. The van der Waals surface area contributed by atoms with E-state index >= 15 is 0 Å². The first kappa shape index (κ1) is 24.7. The van der Waals surface area contributed by atoms with Gasteiger partial charge >= 0.3 is 12.1 Å². The first-order valence-electron chi connectivity index (χ1n) is 10.6. The van der Waals surface area contributed by atoms with Crippen LogP contribution in [0.4, 0.5) is 4.79 Å². The largest absolute Gasteiger partial charge is 0.497 e. The number of amides is 2. The average molecular weight is 443 g/mol. The van der Waals surface area contributed by atoms with Crippen LogP contribution in [0.15, 0.2) is 54.6 Å². The maximum atomic E-state index is 12.1. The third-order valence-electron chi connectivity index (χ3n) is 4.77. The standard InChI is InChI=1S/C24H30N2O6/c1-31-20-12-8-11-19(15-20)16-21(23(28)29)26-22(27)13-6-3-7-14-25-24(30)32-17-18-9-4-2-5-10-18/h2,4-5,8-12,15,21H,3,6-7,13-14,16-17H2,1H3,(H,25,30)(H,26,27)(H,28,29)/t21-/m1/s1. The predicted octanol–water partition coefficient (Wildman–Crippen LogP) is 3.29. The van der Waals surface area contributed by atoms with Crippen molar-refractivity contribution in [1.82, 2.24) is 10.6 Å². The van der Waals surface area contributed by atoms with Crippen molar-refractivity contribution in [2.45, 2.75) is 44.8 Å². The number of nitrogens with one attached hydrogen (secondary N) is 2. The molecule has 0 spiro atoms. The first-order chi connectivity index (χ1) is 15.5. The zero-order valence-corrected chi connectivity index (χ0v) is 18.2. The molecule has 8 heteroatoms. The Morgan fingerprint density at radius 3 is 2.44 bits per heavy atom. The number of unbranched alkanes of at least 4 members (excludes halogenated alkanes) is 2. The van der Waals surface area contributed by atoms with E-state index < -0.39 is 18.1 Å². The summed E-state index contributed by atoms with van der Waals surface area (Å²) in [4.78, 5) is 35.3. The minimum Gasteiger partial charge on any atom is -0.497 e. The lowest BCUT2D eigenvalue weighted by atomic mass is 10.1. The zero-order chi connectivity index (χ0) is 23.2. The summed E-state index contributed by atoms with van der Waals surface area (Å²) in [6.07, 6.45) is 1.93. The second kappa shape index (κ2) is 13.7. The van der Waals surface area contributed by atoms with E-state index in [4.69, 9.17) is 9.47 Å². The van der Waals surface area contributed by atoms with E-state index in [1.54, 1.807) is 31.4 Å². The van der Waals surface area contributed by atoms with E-state index in [9.17, 15) is 19.5 Å². The fourth-order valence-corrected chi connectivity index (χ4v) is 3.05. The van der Waals surface area contributed by atoms with Crippen LogP contribution in [0.2, 0.25) is 0 Å². The molecule has 0 saturated carbocycles. The van der Waals surface area contributed by atoms with E-state index in [0.717, 1.165) is 17.5 Å². The maximum Gasteiger partial charge on any atom is 0.407 e. The van der Waals surface area contributed by atoms with Crippen molar-refractivity contribution in [2.24, 2.45) is 0 Å². The SMILES string of the molecule is COc1cccc(C[C@@H](NC(=O)CCCCCNC(=O)OCc2ccccc2)C(=O)O)c1. The molecule has 0 fully saturated rings. The van der Waals surface area contributed by atoms with E-state index in [-0.39, 0.29) is 25.4 Å². The number of carboxylic acid groups (broad SMARTS) is 1. The highest BCUT2D eigenvalue weighted by molar-refractivity contribution is 5.83. The molecule has 2 rings (SSSR count). The van der Waals surface area contributed by atoms with Crippen molar-refractivity contribution in [1.29, 1.82) is 0 Å². The lowest BCUT2D eigenvalue weighted by Gasteiger charge is -2.15. The highest BCUT2D eigenvalue weighted by atomic mass is 16.5. The Morgan fingerprint density at radius 1 is 0.969 bits per heavy atom. The zero-order valence-electron chi connectivity index (χ0n) is 18.2. The second-order valence-electron chi connectivity index (χ2n) is 7.31.